The second-order valence-corrected chi connectivity index (χ2v) is 15.3. The summed E-state index contributed by atoms with van der Waals surface area (Å²) in [6.07, 6.45) is 0.717. The molecule has 8 rings (SSSR count). The van der Waals surface area contributed by atoms with Gasteiger partial charge in [0.25, 0.3) is 11.6 Å². The number of carbonyl (C=O) groups is 3. The number of aromatic nitrogens is 1. The number of nitro groups is 1. The summed E-state index contributed by atoms with van der Waals surface area (Å²) in [5.41, 5.74) is 2.86. The molecule has 1 aromatic heterocycles. The van der Waals surface area contributed by atoms with Crippen LogP contribution in [0.3, 0.4) is 0 Å². The summed E-state index contributed by atoms with van der Waals surface area (Å²) < 4.78 is 11.9. The first kappa shape index (κ1) is 32.3. The number of aromatic amines is 1. The fraction of sp³-hybridized carbons (Fsp3) is 0.333. The highest BCUT2D eigenvalue weighted by molar-refractivity contribution is 8.00. The van der Waals surface area contributed by atoms with Gasteiger partial charge in [0.15, 0.2) is 18.1 Å². The van der Waals surface area contributed by atoms with Gasteiger partial charge in [-0.2, -0.15) is 0 Å². The Labute approximate surface area is 294 Å². The average Bonchev–Trinajstić information content (AvgIpc) is 3.84. The van der Waals surface area contributed by atoms with Gasteiger partial charge in [-0.15, -0.1) is 11.8 Å². The molecule has 2 bridgehead atoms. The molecule has 2 N–H and O–H groups in total. The van der Waals surface area contributed by atoms with Crippen molar-refractivity contribution in [1.82, 2.24) is 4.98 Å². The number of fused-ring (bicyclic) bond motifs is 9. The molecule has 3 fully saturated rings. The molecule has 256 valence electrons. The summed E-state index contributed by atoms with van der Waals surface area (Å²) in [4.78, 5) is 69.0. The molecule has 4 aromatic rings. The highest BCUT2D eigenvalue weighted by Crippen LogP contribution is 2.68. The van der Waals surface area contributed by atoms with Crippen molar-refractivity contribution in [2.75, 3.05) is 23.4 Å². The van der Waals surface area contributed by atoms with Crippen LogP contribution in [0.1, 0.15) is 35.3 Å². The number of anilines is 2. The molecule has 3 heterocycles. The van der Waals surface area contributed by atoms with Crippen molar-refractivity contribution in [3.8, 4) is 11.5 Å². The van der Waals surface area contributed by atoms with Crippen molar-refractivity contribution in [2.45, 2.75) is 36.5 Å². The Hall–Kier alpha value is -4.95. The minimum Gasteiger partial charge on any atom is -0.490 e. The Bertz CT molecular complexity index is 2100. The molecule has 2 aliphatic carbocycles. The molecule has 3 amide bonds. The number of hydrogen-bond donors (Lipinski definition) is 2. The Balaban J connectivity index is 1.09. The van der Waals surface area contributed by atoms with Crippen molar-refractivity contribution in [3.05, 3.63) is 103 Å². The maximum Gasteiger partial charge on any atom is 0.305 e. The fourth-order valence-corrected chi connectivity index (χ4v) is 11.3. The third kappa shape index (κ3) is 5.28. The number of H-pyrrole nitrogens is 1. The van der Waals surface area contributed by atoms with Crippen molar-refractivity contribution in [2.24, 2.45) is 29.6 Å². The number of nitrogens with zero attached hydrogens (tertiary/aromatic N) is 2. The molecule has 0 radical (unpaired) electrons. The quantitative estimate of drug-likeness (QED) is 0.125. The standard InChI is InChI=1S/C36H32N4O8S2/c1-3-47-25-14-18(6-13-24(25)48-16-26(41)37-19-7-4-17(2)5-8-19)27-28-22-15-23(31(28)49-33-32(27)50-36(44)38-33)30-29(22)34(42)39(35(30)43)20-9-11-21(12-10-20)40(45)46/h4-14,22-23,27-31H,3,15-16H2,1-2H3,(H,37,41)(H,38,44)/t22-,23-,27-,28?,29?,30?,31?/m1/s1. The summed E-state index contributed by atoms with van der Waals surface area (Å²) in [5, 5.41) is 14.8. The van der Waals surface area contributed by atoms with Gasteiger partial charge in [0, 0.05) is 33.9 Å². The smallest absolute Gasteiger partial charge is 0.305 e. The maximum atomic E-state index is 14.1. The lowest BCUT2D eigenvalue weighted by atomic mass is 9.68. The molecular formula is C36H32N4O8S2. The zero-order valence-corrected chi connectivity index (χ0v) is 28.6. The van der Waals surface area contributed by atoms with Crippen LogP contribution in [0.15, 0.2) is 76.6 Å². The van der Waals surface area contributed by atoms with Crippen LogP contribution >= 0.6 is 23.1 Å². The van der Waals surface area contributed by atoms with Crippen LogP contribution in [0.2, 0.25) is 0 Å². The number of benzene rings is 3. The Morgan fingerprint density at radius 2 is 1.70 bits per heavy atom. The molecule has 0 spiro atoms. The van der Waals surface area contributed by atoms with Gasteiger partial charge < -0.3 is 19.8 Å². The van der Waals surface area contributed by atoms with E-state index in [4.69, 9.17) is 9.47 Å². The van der Waals surface area contributed by atoms with Gasteiger partial charge in [0.05, 0.1) is 34.1 Å². The van der Waals surface area contributed by atoms with Crippen molar-refractivity contribution < 1.29 is 28.8 Å². The molecule has 4 unspecified atom stereocenters. The lowest BCUT2D eigenvalue weighted by Gasteiger charge is -2.43. The number of rotatable bonds is 9. The fourth-order valence-electron chi connectivity index (χ4n) is 8.45. The first-order chi connectivity index (χ1) is 24.1. The van der Waals surface area contributed by atoms with E-state index in [1.54, 1.807) is 17.8 Å². The van der Waals surface area contributed by atoms with Crippen LogP contribution in [0.4, 0.5) is 17.1 Å². The maximum absolute atomic E-state index is 14.1. The molecule has 1 saturated heterocycles. The third-order valence-corrected chi connectivity index (χ3v) is 13.0. The van der Waals surface area contributed by atoms with Crippen molar-refractivity contribution in [3.63, 3.8) is 0 Å². The lowest BCUT2D eigenvalue weighted by Crippen LogP contribution is -2.42. The van der Waals surface area contributed by atoms with Crippen molar-refractivity contribution >= 4 is 57.9 Å². The number of carbonyl (C=O) groups excluding carboxylic acids is 3. The molecule has 2 saturated carbocycles. The molecular weight excluding hydrogens is 681 g/mol. The predicted molar refractivity (Wildman–Crippen MR) is 187 cm³/mol. The van der Waals surface area contributed by atoms with E-state index in [0.29, 0.717) is 35.9 Å². The van der Waals surface area contributed by atoms with E-state index in [9.17, 15) is 29.3 Å². The molecule has 4 aliphatic rings. The van der Waals surface area contributed by atoms with Crippen LogP contribution in [0.5, 0.6) is 11.5 Å². The molecule has 14 heteroatoms. The Kier molecular flexibility index (Phi) is 8.02. The van der Waals surface area contributed by atoms with Crippen LogP contribution < -0.4 is 24.6 Å². The average molecular weight is 713 g/mol. The topological polar surface area (TPSA) is 161 Å². The molecule has 50 heavy (non-hydrogen) atoms. The number of thioether (sulfide) groups is 1. The highest BCUT2D eigenvalue weighted by atomic mass is 32.2. The van der Waals surface area contributed by atoms with Gasteiger partial charge >= 0.3 is 4.87 Å². The first-order valence-electron chi connectivity index (χ1n) is 16.4. The van der Waals surface area contributed by atoms with Crippen LogP contribution in [-0.4, -0.2) is 46.1 Å². The van der Waals surface area contributed by atoms with E-state index in [2.05, 4.69) is 10.3 Å². The van der Waals surface area contributed by atoms with Gasteiger partial charge in [-0.25, -0.2) is 0 Å². The van der Waals surface area contributed by atoms with Crippen molar-refractivity contribution in [1.29, 1.82) is 0 Å². The monoisotopic (exact) mass is 712 g/mol. The number of thiazole rings is 1. The number of imide groups is 1. The zero-order valence-electron chi connectivity index (χ0n) is 27.0. The SMILES string of the molecule is CCOc1cc([C@H]2c3sc(=O)[nH]c3SC3C2[C@H]2C[C@@H]3C3C(=O)N(c4ccc([N+](=O)[O-])cc4)C(=O)C32)ccc1OCC(=O)Nc1ccc(C)cc1. The minimum absolute atomic E-state index is 0.0190. The minimum atomic E-state index is -0.523. The number of hydrogen-bond acceptors (Lipinski definition) is 10. The van der Waals surface area contributed by atoms with Gasteiger partial charge in [0.1, 0.15) is 0 Å². The number of aryl methyl sites for hydroxylation is 1. The van der Waals surface area contributed by atoms with Crippen LogP contribution in [0.25, 0.3) is 0 Å². The normalized spacial score (nSPS) is 26.0. The number of amides is 3. The van der Waals surface area contributed by atoms with Gasteiger partial charge in [0.2, 0.25) is 11.8 Å². The number of nitrogens with one attached hydrogen (secondary N) is 2. The zero-order chi connectivity index (χ0) is 34.8. The third-order valence-electron chi connectivity index (χ3n) is 10.4. The Morgan fingerprint density at radius 1 is 0.980 bits per heavy atom. The number of nitro benzene ring substituents is 1. The predicted octanol–water partition coefficient (Wildman–Crippen LogP) is 5.75. The van der Waals surface area contributed by atoms with E-state index in [1.807, 2.05) is 50.2 Å². The molecule has 12 nitrogen and oxygen atoms in total. The molecule has 7 atom stereocenters. The number of ether oxygens (including phenoxy) is 2. The van der Waals surface area contributed by atoms with E-state index in [0.717, 1.165) is 32.4 Å². The van der Waals surface area contributed by atoms with E-state index < -0.39 is 16.8 Å². The highest BCUT2D eigenvalue weighted by Gasteiger charge is 2.69. The second-order valence-electron chi connectivity index (χ2n) is 13.1. The summed E-state index contributed by atoms with van der Waals surface area (Å²) in [7, 11) is 0. The summed E-state index contributed by atoms with van der Waals surface area (Å²) in [6.45, 7) is 3.96. The van der Waals surface area contributed by atoms with E-state index >= 15 is 0 Å². The first-order valence-corrected chi connectivity index (χ1v) is 18.1. The molecule has 3 aromatic carbocycles. The van der Waals surface area contributed by atoms with Gasteiger partial charge in [-0.05, 0) is 80.0 Å². The van der Waals surface area contributed by atoms with Crippen LogP contribution in [-0.2, 0) is 14.4 Å². The Morgan fingerprint density at radius 3 is 2.40 bits per heavy atom. The number of non-ortho nitro benzene ring substituents is 1. The largest absolute Gasteiger partial charge is 0.490 e. The van der Waals surface area contributed by atoms with Gasteiger partial charge in [-0.3, -0.25) is 34.2 Å². The lowest BCUT2D eigenvalue weighted by molar-refractivity contribution is -0.384. The van der Waals surface area contributed by atoms with Gasteiger partial charge in [-0.1, -0.05) is 35.1 Å². The summed E-state index contributed by atoms with van der Waals surface area (Å²) >= 11 is 2.75. The summed E-state index contributed by atoms with van der Waals surface area (Å²) in [6, 6.07) is 18.6. The van der Waals surface area contributed by atoms with Crippen LogP contribution in [0, 0.1) is 46.6 Å². The second kappa shape index (κ2) is 12.4. The summed E-state index contributed by atoms with van der Waals surface area (Å²) in [5.74, 6) is -1.50. The molecule has 2 aliphatic heterocycles. The van der Waals surface area contributed by atoms with E-state index in [1.165, 1.54) is 29.2 Å². The van der Waals surface area contributed by atoms with E-state index in [-0.39, 0.29) is 63.8 Å².